The second-order valence-corrected chi connectivity index (χ2v) is 9.07. The van der Waals surface area contributed by atoms with Gasteiger partial charge in [-0.05, 0) is 72.9 Å². The number of likely N-dealkylation sites (tertiary alicyclic amines) is 1. The van der Waals surface area contributed by atoms with Crippen LogP contribution in [0.1, 0.15) is 44.7 Å². The Hall–Kier alpha value is -3.31. The molecule has 33 heavy (non-hydrogen) atoms. The van der Waals surface area contributed by atoms with Gasteiger partial charge in [-0.1, -0.05) is 35.9 Å². The highest BCUT2D eigenvalue weighted by atomic mass is 35.5. The number of anilines is 2. The maximum Gasteiger partial charge on any atom is 0.255 e. The number of benzene rings is 3. The molecular weight excluding hydrogens is 434 g/mol. The van der Waals surface area contributed by atoms with Crippen LogP contribution in [0.3, 0.4) is 0 Å². The number of carbonyl (C=O) groups is 2. The zero-order chi connectivity index (χ0) is 22.8. The zero-order valence-electron chi connectivity index (χ0n) is 18.4. The van der Waals surface area contributed by atoms with Gasteiger partial charge in [-0.2, -0.15) is 0 Å². The molecule has 0 spiro atoms. The minimum absolute atomic E-state index is 0.0693. The third-order valence-electron chi connectivity index (χ3n) is 6.48. The molecule has 0 aromatic heterocycles. The predicted octanol–water partition coefficient (Wildman–Crippen LogP) is 5.39. The van der Waals surface area contributed by atoms with E-state index in [1.165, 1.54) is 11.1 Å². The molecule has 5 nitrogen and oxygen atoms in total. The number of hydrogen-bond donors (Lipinski definition) is 1. The monoisotopic (exact) mass is 459 g/mol. The van der Waals surface area contributed by atoms with Crippen molar-refractivity contribution in [3.63, 3.8) is 0 Å². The topological polar surface area (TPSA) is 52.7 Å². The fourth-order valence-corrected chi connectivity index (χ4v) is 4.80. The summed E-state index contributed by atoms with van der Waals surface area (Å²) in [6, 6.07) is 21.2. The smallest absolute Gasteiger partial charge is 0.255 e. The Morgan fingerprint density at radius 2 is 1.58 bits per heavy atom. The molecule has 5 rings (SSSR count). The van der Waals surface area contributed by atoms with E-state index < -0.39 is 0 Å². The van der Waals surface area contributed by atoms with Gasteiger partial charge < -0.3 is 15.1 Å². The molecule has 2 heterocycles. The van der Waals surface area contributed by atoms with Crippen LogP contribution in [0.5, 0.6) is 0 Å². The summed E-state index contributed by atoms with van der Waals surface area (Å²) in [7, 11) is 0. The minimum Gasteiger partial charge on any atom is -0.367 e. The normalized spacial score (nSPS) is 15.3. The van der Waals surface area contributed by atoms with E-state index in [-0.39, 0.29) is 11.8 Å². The van der Waals surface area contributed by atoms with Gasteiger partial charge in [0.05, 0.1) is 11.3 Å². The Morgan fingerprint density at radius 1 is 0.848 bits per heavy atom. The highest BCUT2D eigenvalue weighted by molar-refractivity contribution is 6.31. The molecule has 0 atom stereocenters. The highest BCUT2D eigenvalue weighted by Gasteiger charge is 2.23. The first kappa shape index (κ1) is 21.5. The van der Waals surface area contributed by atoms with Crippen LogP contribution in [0.15, 0.2) is 66.7 Å². The molecule has 0 unspecified atom stereocenters. The fourth-order valence-electron chi connectivity index (χ4n) is 4.63. The average Bonchev–Trinajstić information content (AvgIpc) is 3.39. The third kappa shape index (κ3) is 4.60. The molecule has 0 saturated carbocycles. The van der Waals surface area contributed by atoms with Gasteiger partial charge in [0.25, 0.3) is 11.8 Å². The van der Waals surface area contributed by atoms with E-state index in [4.69, 9.17) is 11.6 Å². The van der Waals surface area contributed by atoms with Crippen molar-refractivity contribution in [2.75, 3.05) is 29.9 Å². The van der Waals surface area contributed by atoms with Gasteiger partial charge in [-0.3, -0.25) is 9.59 Å². The lowest BCUT2D eigenvalue weighted by Gasteiger charge is -2.30. The number of hydrogen-bond acceptors (Lipinski definition) is 3. The SMILES string of the molecule is O=C(Nc1cc(Cl)ccc1C(=O)N1CCCC1)c1ccc(N2CCc3ccccc3C2)cc1. The van der Waals surface area contributed by atoms with Gasteiger partial charge in [0.1, 0.15) is 0 Å². The predicted molar refractivity (Wildman–Crippen MR) is 132 cm³/mol. The van der Waals surface area contributed by atoms with Crippen molar-refractivity contribution >= 4 is 34.8 Å². The van der Waals surface area contributed by atoms with Gasteiger partial charge in [0, 0.05) is 42.5 Å². The molecule has 168 valence electrons. The molecule has 0 bridgehead atoms. The van der Waals surface area contributed by atoms with E-state index in [1.54, 1.807) is 18.2 Å². The highest BCUT2D eigenvalue weighted by Crippen LogP contribution is 2.27. The molecule has 2 amide bonds. The molecule has 2 aliphatic rings. The summed E-state index contributed by atoms with van der Waals surface area (Å²) in [6.07, 6.45) is 3.03. The van der Waals surface area contributed by atoms with Crippen molar-refractivity contribution < 1.29 is 9.59 Å². The van der Waals surface area contributed by atoms with Crippen LogP contribution >= 0.6 is 11.6 Å². The minimum atomic E-state index is -0.261. The van der Waals surface area contributed by atoms with Gasteiger partial charge in [-0.15, -0.1) is 0 Å². The molecule has 0 radical (unpaired) electrons. The second-order valence-electron chi connectivity index (χ2n) is 8.63. The maximum atomic E-state index is 13.0. The molecule has 1 N–H and O–H groups in total. The molecule has 6 heteroatoms. The maximum absolute atomic E-state index is 13.0. The van der Waals surface area contributed by atoms with Gasteiger partial charge in [0.15, 0.2) is 0 Å². The molecule has 3 aromatic rings. The van der Waals surface area contributed by atoms with Crippen LogP contribution in [0.4, 0.5) is 11.4 Å². The van der Waals surface area contributed by atoms with Gasteiger partial charge >= 0.3 is 0 Å². The van der Waals surface area contributed by atoms with Crippen molar-refractivity contribution in [3.05, 3.63) is 94.0 Å². The average molecular weight is 460 g/mol. The van der Waals surface area contributed by atoms with Crippen LogP contribution in [0.25, 0.3) is 0 Å². The van der Waals surface area contributed by atoms with Crippen molar-refractivity contribution in [2.45, 2.75) is 25.8 Å². The van der Waals surface area contributed by atoms with E-state index in [0.29, 0.717) is 21.8 Å². The summed E-state index contributed by atoms with van der Waals surface area (Å²) in [4.78, 5) is 30.1. The number of fused-ring (bicyclic) bond motifs is 1. The van der Waals surface area contributed by atoms with Crippen LogP contribution < -0.4 is 10.2 Å². The molecule has 1 fully saturated rings. The summed E-state index contributed by atoms with van der Waals surface area (Å²) in [6.45, 7) is 3.31. The first-order valence-electron chi connectivity index (χ1n) is 11.4. The standard InChI is InChI=1S/C27H26ClN3O2/c28-22-9-12-24(27(33)30-14-3-4-15-30)25(17-22)29-26(32)20-7-10-23(11-8-20)31-16-13-19-5-1-2-6-21(19)18-31/h1-2,5-12,17H,3-4,13-16,18H2,(H,29,32). The first-order chi connectivity index (χ1) is 16.1. The number of nitrogens with zero attached hydrogens (tertiary/aromatic N) is 2. The Morgan fingerprint density at radius 3 is 2.33 bits per heavy atom. The summed E-state index contributed by atoms with van der Waals surface area (Å²) < 4.78 is 0. The third-order valence-corrected chi connectivity index (χ3v) is 6.71. The van der Waals surface area contributed by atoms with Crippen LogP contribution in [0, 0.1) is 0 Å². The Labute approximate surface area is 199 Å². The molecular formula is C27H26ClN3O2. The van der Waals surface area contributed by atoms with E-state index in [1.807, 2.05) is 29.2 Å². The first-order valence-corrected chi connectivity index (χ1v) is 11.8. The second kappa shape index (κ2) is 9.28. The molecule has 1 saturated heterocycles. The van der Waals surface area contributed by atoms with Crippen LogP contribution in [-0.4, -0.2) is 36.3 Å². The van der Waals surface area contributed by atoms with Gasteiger partial charge in [-0.25, -0.2) is 0 Å². The summed E-state index contributed by atoms with van der Waals surface area (Å²) in [5.74, 6) is -0.330. The lowest BCUT2D eigenvalue weighted by molar-refractivity contribution is 0.0794. The molecule has 0 aliphatic carbocycles. The molecule has 2 aliphatic heterocycles. The Balaban J connectivity index is 1.31. The number of halogens is 1. The fraction of sp³-hybridized carbons (Fsp3) is 0.259. The van der Waals surface area contributed by atoms with Crippen molar-refractivity contribution in [3.8, 4) is 0 Å². The molecule has 3 aromatic carbocycles. The summed E-state index contributed by atoms with van der Waals surface area (Å²) in [5.41, 5.74) is 5.30. The van der Waals surface area contributed by atoms with Crippen LogP contribution in [-0.2, 0) is 13.0 Å². The number of amides is 2. The van der Waals surface area contributed by atoms with E-state index in [0.717, 1.165) is 51.1 Å². The Kier molecular flexibility index (Phi) is 6.05. The van der Waals surface area contributed by atoms with E-state index >= 15 is 0 Å². The largest absolute Gasteiger partial charge is 0.367 e. The van der Waals surface area contributed by atoms with E-state index in [2.05, 4.69) is 34.5 Å². The number of carbonyl (C=O) groups excluding carboxylic acids is 2. The number of nitrogens with one attached hydrogen (secondary N) is 1. The van der Waals surface area contributed by atoms with Crippen LogP contribution in [0.2, 0.25) is 5.02 Å². The van der Waals surface area contributed by atoms with Crippen molar-refractivity contribution in [1.29, 1.82) is 0 Å². The Bertz CT molecular complexity index is 1190. The van der Waals surface area contributed by atoms with E-state index in [9.17, 15) is 9.59 Å². The summed E-state index contributed by atoms with van der Waals surface area (Å²) in [5, 5.41) is 3.38. The van der Waals surface area contributed by atoms with Gasteiger partial charge in [0.2, 0.25) is 0 Å². The van der Waals surface area contributed by atoms with Crippen molar-refractivity contribution in [1.82, 2.24) is 4.90 Å². The lowest BCUT2D eigenvalue weighted by Crippen LogP contribution is -2.30. The quantitative estimate of drug-likeness (QED) is 0.569. The number of rotatable bonds is 4. The summed E-state index contributed by atoms with van der Waals surface area (Å²) >= 11 is 6.17. The zero-order valence-corrected chi connectivity index (χ0v) is 19.1. The lowest BCUT2D eigenvalue weighted by atomic mass is 9.99. The van der Waals surface area contributed by atoms with Crippen molar-refractivity contribution in [2.24, 2.45) is 0 Å².